The van der Waals surface area contributed by atoms with Crippen molar-refractivity contribution in [2.24, 2.45) is 12.5 Å². The maximum atomic E-state index is 4.32. The molecule has 5 heteroatoms. The molecule has 0 atom stereocenters. The van der Waals surface area contributed by atoms with Gasteiger partial charge in [0.15, 0.2) is 5.82 Å². The van der Waals surface area contributed by atoms with Crippen LogP contribution in [0, 0.1) is 5.41 Å². The molecule has 0 saturated heterocycles. The highest BCUT2D eigenvalue weighted by Gasteiger charge is 2.33. The summed E-state index contributed by atoms with van der Waals surface area (Å²) < 4.78 is 0. The van der Waals surface area contributed by atoms with Gasteiger partial charge in [-0.25, -0.2) is 0 Å². The standard InChI is InChI=1S/C12H23N5/c1-3-13-10-12(7-5-4-6-8-12)9-11-14-16-17(2)15-11/h13H,3-10H2,1-2H3. The molecule has 0 spiro atoms. The van der Waals surface area contributed by atoms with Crippen molar-refractivity contribution in [2.45, 2.75) is 45.4 Å². The summed E-state index contributed by atoms with van der Waals surface area (Å²) in [4.78, 5) is 1.55. The van der Waals surface area contributed by atoms with Crippen molar-refractivity contribution in [3.63, 3.8) is 0 Å². The smallest absolute Gasteiger partial charge is 0.175 e. The van der Waals surface area contributed by atoms with Crippen LogP contribution >= 0.6 is 0 Å². The Morgan fingerprint density at radius 3 is 2.65 bits per heavy atom. The molecule has 1 aliphatic rings. The third-order valence-electron chi connectivity index (χ3n) is 3.75. The summed E-state index contributed by atoms with van der Waals surface area (Å²) in [7, 11) is 1.83. The first kappa shape index (κ1) is 12.5. The van der Waals surface area contributed by atoms with E-state index in [1.165, 1.54) is 32.1 Å². The van der Waals surface area contributed by atoms with Crippen LogP contribution in [-0.2, 0) is 13.5 Å². The van der Waals surface area contributed by atoms with E-state index < -0.39 is 0 Å². The van der Waals surface area contributed by atoms with Gasteiger partial charge in [0.2, 0.25) is 0 Å². The van der Waals surface area contributed by atoms with Crippen LogP contribution in [0.2, 0.25) is 0 Å². The van der Waals surface area contributed by atoms with Gasteiger partial charge in [-0.2, -0.15) is 4.80 Å². The molecule has 1 saturated carbocycles. The zero-order valence-corrected chi connectivity index (χ0v) is 10.9. The second-order valence-corrected chi connectivity index (χ2v) is 5.21. The predicted octanol–water partition coefficient (Wildman–Crippen LogP) is 1.31. The van der Waals surface area contributed by atoms with Gasteiger partial charge in [0.1, 0.15) is 0 Å². The molecular formula is C12H23N5. The fourth-order valence-electron chi connectivity index (χ4n) is 2.84. The van der Waals surface area contributed by atoms with Crippen molar-refractivity contribution in [3.8, 4) is 0 Å². The van der Waals surface area contributed by atoms with E-state index in [9.17, 15) is 0 Å². The first-order chi connectivity index (χ1) is 8.24. The molecule has 5 nitrogen and oxygen atoms in total. The topological polar surface area (TPSA) is 55.6 Å². The number of hydrogen-bond acceptors (Lipinski definition) is 4. The van der Waals surface area contributed by atoms with Gasteiger partial charge in [0, 0.05) is 13.0 Å². The zero-order chi connectivity index (χ0) is 12.1. The van der Waals surface area contributed by atoms with E-state index in [1.807, 2.05) is 7.05 Å². The van der Waals surface area contributed by atoms with Gasteiger partial charge in [0.25, 0.3) is 0 Å². The van der Waals surface area contributed by atoms with Crippen LogP contribution < -0.4 is 5.32 Å². The van der Waals surface area contributed by atoms with E-state index in [0.29, 0.717) is 5.41 Å². The van der Waals surface area contributed by atoms with E-state index in [-0.39, 0.29) is 0 Å². The van der Waals surface area contributed by atoms with E-state index >= 15 is 0 Å². The summed E-state index contributed by atoms with van der Waals surface area (Å²) in [6, 6.07) is 0. The van der Waals surface area contributed by atoms with Crippen LogP contribution in [0.1, 0.15) is 44.9 Å². The number of nitrogens with one attached hydrogen (secondary N) is 1. The van der Waals surface area contributed by atoms with E-state index in [4.69, 9.17) is 0 Å². The SMILES string of the molecule is CCNCC1(Cc2nnn(C)n2)CCCCC1. The summed E-state index contributed by atoms with van der Waals surface area (Å²) in [5.74, 6) is 0.896. The Hall–Kier alpha value is -0.970. The van der Waals surface area contributed by atoms with E-state index in [0.717, 1.165) is 25.3 Å². The van der Waals surface area contributed by atoms with Crippen molar-refractivity contribution in [1.82, 2.24) is 25.5 Å². The molecule has 0 aromatic carbocycles. The Balaban J connectivity index is 2.03. The lowest BCUT2D eigenvalue weighted by Gasteiger charge is -2.36. The van der Waals surface area contributed by atoms with E-state index in [2.05, 4.69) is 27.7 Å². The highest BCUT2D eigenvalue weighted by Crippen LogP contribution is 2.38. The van der Waals surface area contributed by atoms with Crippen molar-refractivity contribution < 1.29 is 0 Å². The molecule has 0 bridgehead atoms. The second kappa shape index (κ2) is 5.58. The number of aryl methyl sites for hydroxylation is 1. The van der Waals surface area contributed by atoms with Crippen LogP contribution in [0.25, 0.3) is 0 Å². The highest BCUT2D eigenvalue weighted by molar-refractivity contribution is 4.93. The maximum Gasteiger partial charge on any atom is 0.175 e. The van der Waals surface area contributed by atoms with Gasteiger partial charge >= 0.3 is 0 Å². The summed E-state index contributed by atoms with van der Waals surface area (Å²) in [6.45, 7) is 4.29. The average Bonchev–Trinajstić information content (AvgIpc) is 2.73. The molecule has 1 aliphatic carbocycles. The molecule has 0 amide bonds. The van der Waals surface area contributed by atoms with Gasteiger partial charge in [0.05, 0.1) is 7.05 Å². The van der Waals surface area contributed by atoms with Gasteiger partial charge in [-0.1, -0.05) is 26.2 Å². The summed E-state index contributed by atoms with van der Waals surface area (Å²) >= 11 is 0. The number of aromatic nitrogens is 4. The molecule has 96 valence electrons. The monoisotopic (exact) mass is 237 g/mol. The molecular weight excluding hydrogens is 214 g/mol. The first-order valence-corrected chi connectivity index (χ1v) is 6.68. The fraction of sp³-hybridized carbons (Fsp3) is 0.917. The summed E-state index contributed by atoms with van der Waals surface area (Å²) in [5, 5.41) is 15.9. The van der Waals surface area contributed by atoms with Crippen LogP contribution in [-0.4, -0.2) is 33.3 Å². The lowest BCUT2D eigenvalue weighted by Crippen LogP contribution is -2.38. The summed E-state index contributed by atoms with van der Waals surface area (Å²) in [5.41, 5.74) is 0.358. The molecule has 0 unspecified atom stereocenters. The largest absolute Gasteiger partial charge is 0.316 e. The van der Waals surface area contributed by atoms with Gasteiger partial charge in [-0.3, -0.25) is 0 Å². The van der Waals surface area contributed by atoms with Crippen molar-refractivity contribution in [1.29, 1.82) is 0 Å². The molecule has 17 heavy (non-hydrogen) atoms. The van der Waals surface area contributed by atoms with Gasteiger partial charge in [-0.15, -0.1) is 10.2 Å². The van der Waals surface area contributed by atoms with Gasteiger partial charge < -0.3 is 5.32 Å². The Labute approximate surface area is 103 Å². The Kier molecular flexibility index (Phi) is 4.10. The quantitative estimate of drug-likeness (QED) is 0.839. The average molecular weight is 237 g/mol. The van der Waals surface area contributed by atoms with E-state index in [1.54, 1.807) is 4.80 Å². The lowest BCUT2D eigenvalue weighted by atomic mass is 9.71. The van der Waals surface area contributed by atoms with Crippen LogP contribution in [0.5, 0.6) is 0 Å². The normalized spacial score (nSPS) is 19.4. The second-order valence-electron chi connectivity index (χ2n) is 5.21. The van der Waals surface area contributed by atoms with Crippen LogP contribution in [0.4, 0.5) is 0 Å². The van der Waals surface area contributed by atoms with Gasteiger partial charge in [-0.05, 0) is 30.0 Å². The fourth-order valence-corrected chi connectivity index (χ4v) is 2.84. The molecule has 1 heterocycles. The third-order valence-corrected chi connectivity index (χ3v) is 3.75. The first-order valence-electron chi connectivity index (χ1n) is 6.68. The van der Waals surface area contributed by atoms with Crippen LogP contribution in [0.3, 0.4) is 0 Å². The third kappa shape index (κ3) is 3.25. The molecule has 1 fully saturated rings. The lowest BCUT2D eigenvalue weighted by molar-refractivity contribution is 0.178. The molecule has 2 rings (SSSR count). The molecule has 0 radical (unpaired) electrons. The number of rotatable bonds is 5. The summed E-state index contributed by atoms with van der Waals surface area (Å²) in [6.07, 6.45) is 7.60. The van der Waals surface area contributed by atoms with Crippen molar-refractivity contribution in [3.05, 3.63) is 5.82 Å². The minimum atomic E-state index is 0.358. The molecule has 1 aromatic rings. The Bertz CT molecular complexity index is 340. The molecule has 1 N–H and O–H groups in total. The minimum absolute atomic E-state index is 0.358. The Morgan fingerprint density at radius 1 is 1.29 bits per heavy atom. The zero-order valence-electron chi connectivity index (χ0n) is 10.9. The van der Waals surface area contributed by atoms with Crippen molar-refractivity contribution in [2.75, 3.05) is 13.1 Å². The minimum Gasteiger partial charge on any atom is -0.316 e. The molecule has 0 aliphatic heterocycles. The maximum absolute atomic E-state index is 4.32. The highest BCUT2D eigenvalue weighted by atomic mass is 15.6. The van der Waals surface area contributed by atoms with Crippen molar-refractivity contribution >= 4 is 0 Å². The Morgan fingerprint density at radius 2 is 2.06 bits per heavy atom. The number of nitrogens with zero attached hydrogens (tertiary/aromatic N) is 4. The van der Waals surface area contributed by atoms with Crippen LogP contribution in [0.15, 0.2) is 0 Å². The number of tetrazole rings is 1. The number of hydrogen-bond donors (Lipinski definition) is 1. The predicted molar refractivity (Wildman–Crippen MR) is 66.6 cm³/mol. The molecule has 1 aromatic heterocycles.